The quantitative estimate of drug-likeness (QED) is 0.791. The highest BCUT2D eigenvalue weighted by Crippen LogP contribution is 2.34. The molecular formula is C11H16N2O2. The number of anilines is 1. The third-order valence-electron chi connectivity index (χ3n) is 2.37. The van der Waals surface area contributed by atoms with E-state index in [0.29, 0.717) is 13.3 Å². The molecule has 4 nitrogen and oxygen atoms in total. The molecule has 1 heterocycles. The first-order chi connectivity index (χ1) is 7.11. The van der Waals surface area contributed by atoms with Crippen molar-refractivity contribution in [2.75, 3.05) is 18.7 Å². The van der Waals surface area contributed by atoms with Crippen LogP contribution in [0.15, 0.2) is 18.2 Å². The molecule has 2 rings (SSSR count). The number of hydrogen-bond donors (Lipinski definition) is 2. The third kappa shape index (κ3) is 2.15. The van der Waals surface area contributed by atoms with E-state index in [9.17, 15) is 0 Å². The van der Waals surface area contributed by atoms with Gasteiger partial charge in [0.2, 0.25) is 6.79 Å². The van der Waals surface area contributed by atoms with Gasteiger partial charge in [-0.25, -0.2) is 0 Å². The molecule has 0 unspecified atom stereocenters. The number of benzene rings is 1. The van der Waals surface area contributed by atoms with Gasteiger partial charge in [-0.3, -0.25) is 0 Å². The van der Waals surface area contributed by atoms with Gasteiger partial charge in [0, 0.05) is 23.8 Å². The number of nitrogens with one attached hydrogen (secondary N) is 1. The van der Waals surface area contributed by atoms with E-state index in [4.69, 9.17) is 15.2 Å². The molecule has 0 bridgehead atoms. The summed E-state index contributed by atoms with van der Waals surface area (Å²) < 4.78 is 10.5. The molecule has 82 valence electrons. The van der Waals surface area contributed by atoms with E-state index >= 15 is 0 Å². The lowest BCUT2D eigenvalue weighted by Gasteiger charge is -2.25. The molecule has 1 aliphatic heterocycles. The number of ether oxygens (including phenoxy) is 2. The Morgan fingerprint density at radius 3 is 2.80 bits per heavy atom. The average molecular weight is 208 g/mol. The van der Waals surface area contributed by atoms with Crippen LogP contribution in [0.5, 0.6) is 11.5 Å². The van der Waals surface area contributed by atoms with Crippen molar-refractivity contribution in [2.45, 2.75) is 19.4 Å². The van der Waals surface area contributed by atoms with Crippen LogP contribution in [0.2, 0.25) is 0 Å². The lowest BCUT2D eigenvalue weighted by atomic mass is 10.1. The van der Waals surface area contributed by atoms with Crippen LogP contribution in [0, 0.1) is 0 Å². The molecule has 4 heteroatoms. The maximum atomic E-state index is 5.65. The van der Waals surface area contributed by atoms with Crippen LogP contribution in [0.1, 0.15) is 13.8 Å². The predicted molar refractivity (Wildman–Crippen MR) is 59.3 cm³/mol. The molecule has 15 heavy (non-hydrogen) atoms. The third-order valence-corrected chi connectivity index (χ3v) is 2.37. The fourth-order valence-corrected chi connectivity index (χ4v) is 1.42. The summed E-state index contributed by atoms with van der Waals surface area (Å²) in [7, 11) is 0. The minimum atomic E-state index is -0.117. The topological polar surface area (TPSA) is 56.5 Å². The monoisotopic (exact) mass is 208 g/mol. The van der Waals surface area contributed by atoms with Gasteiger partial charge in [0.25, 0.3) is 0 Å². The zero-order valence-corrected chi connectivity index (χ0v) is 9.04. The van der Waals surface area contributed by atoms with Crippen molar-refractivity contribution < 1.29 is 9.47 Å². The number of hydrogen-bond acceptors (Lipinski definition) is 4. The summed E-state index contributed by atoms with van der Waals surface area (Å²) in [5.41, 5.74) is 6.53. The highest BCUT2D eigenvalue weighted by Gasteiger charge is 2.17. The zero-order valence-electron chi connectivity index (χ0n) is 9.04. The van der Waals surface area contributed by atoms with Gasteiger partial charge in [0.05, 0.1) is 0 Å². The smallest absolute Gasteiger partial charge is 0.231 e. The standard InChI is InChI=1S/C11H16N2O2/c1-11(2,6-12)13-8-3-4-9-10(5-8)15-7-14-9/h3-5,13H,6-7,12H2,1-2H3. The molecule has 1 aliphatic rings. The molecule has 0 spiro atoms. The number of nitrogens with two attached hydrogens (primary N) is 1. The van der Waals surface area contributed by atoms with Crippen molar-refractivity contribution >= 4 is 5.69 Å². The first-order valence-electron chi connectivity index (χ1n) is 4.99. The molecular weight excluding hydrogens is 192 g/mol. The van der Waals surface area contributed by atoms with Crippen LogP contribution < -0.4 is 20.5 Å². The van der Waals surface area contributed by atoms with E-state index in [1.807, 2.05) is 18.2 Å². The molecule has 0 fully saturated rings. The van der Waals surface area contributed by atoms with Crippen LogP contribution in [-0.2, 0) is 0 Å². The fourth-order valence-electron chi connectivity index (χ4n) is 1.42. The summed E-state index contributed by atoms with van der Waals surface area (Å²) in [6, 6.07) is 5.79. The van der Waals surface area contributed by atoms with Crippen LogP contribution in [0.3, 0.4) is 0 Å². The van der Waals surface area contributed by atoms with E-state index in [-0.39, 0.29) is 5.54 Å². The second kappa shape index (κ2) is 3.62. The average Bonchev–Trinajstić information content (AvgIpc) is 2.64. The lowest BCUT2D eigenvalue weighted by Crippen LogP contribution is -2.39. The Balaban J connectivity index is 2.17. The minimum Gasteiger partial charge on any atom is -0.454 e. The Kier molecular flexibility index (Phi) is 2.44. The summed E-state index contributed by atoms with van der Waals surface area (Å²) in [6.07, 6.45) is 0. The molecule has 0 aliphatic carbocycles. The van der Waals surface area contributed by atoms with E-state index in [1.165, 1.54) is 0 Å². The first kappa shape index (κ1) is 10.1. The SMILES string of the molecule is CC(C)(CN)Nc1ccc2c(c1)OCO2. The van der Waals surface area contributed by atoms with Crippen LogP contribution in [0.25, 0.3) is 0 Å². The number of fused-ring (bicyclic) bond motifs is 1. The Morgan fingerprint density at radius 1 is 1.33 bits per heavy atom. The molecule has 1 aromatic carbocycles. The van der Waals surface area contributed by atoms with Crippen LogP contribution >= 0.6 is 0 Å². The highest BCUT2D eigenvalue weighted by atomic mass is 16.7. The number of rotatable bonds is 3. The molecule has 0 amide bonds. The molecule has 1 aromatic rings. The molecule has 0 aromatic heterocycles. The van der Waals surface area contributed by atoms with Gasteiger partial charge in [-0.15, -0.1) is 0 Å². The maximum absolute atomic E-state index is 5.65. The molecule has 0 radical (unpaired) electrons. The van der Waals surface area contributed by atoms with E-state index in [2.05, 4.69) is 19.2 Å². The van der Waals surface area contributed by atoms with Gasteiger partial charge >= 0.3 is 0 Å². The van der Waals surface area contributed by atoms with Crippen molar-refractivity contribution in [3.8, 4) is 11.5 Å². The van der Waals surface area contributed by atoms with Gasteiger partial charge in [-0.05, 0) is 26.0 Å². The van der Waals surface area contributed by atoms with Crippen molar-refractivity contribution in [1.82, 2.24) is 0 Å². The summed E-state index contributed by atoms with van der Waals surface area (Å²) >= 11 is 0. The van der Waals surface area contributed by atoms with Crippen molar-refractivity contribution in [3.63, 3.8) is 0 Å². The van der Waals surface area contributed by atoms with Crippen LogP contribution in [0.4, 0.5) is 5.69 Å². The van der Waals surface area contributed by atoms with Crippen LogP contribution in [-0.4, -0.2) is 18.9 Å². The lowest BCUT2D eigenvalue weighted by molar-refractivity contribution is 0.174. The molecule has 0 saturated heterocycles. The Bertz CT molecular complexity index is 364. The fraction of sp³-hybridized carbons (Fsp3) is 0.455. The van der Waals surface area contributed by atoms with Gasteiger partial charge in [-0.1, -0.05) is 0 Å². The second-order valence-electron chi connectivity index (χ2n) is 4.28. The predicted octanol–water partition coefficient (Wildman–Crippen LogP) is 1.56. The van der Waals surface area contributed by atoms with Crippen molar-refractivity contribution in [2.24, 2.45) is 5.73 Å². The Hall–Kier alpha value is -1.42. The van der Waals surface area contributed by atoms with Gasteiger partial charge in [0.1, 0.15) is 0 Å². The molecule has 0 atom stereocenters. The Morgan fingerprint density at radius 2 is 2.07 bits per heavy atom. The zero-order chi connectivity index (χ0) is 10.9. The minimum absolute atomic E-state index is 0.117. The summed E-state index contributed by atoms with van der Waals surface area (Å²) in [5, 5.41) is 3.34. The summed E-state index contributed by atoms with van der Waals surface area (Å²) in [6.45, 7) is 4.98. The Labute approximate surface area is 89.4 Å². The first-order valence-corrected chi connectivity index (χ1v) is 4.99. The molecule has 3 N–H and O–H groups in total. The second-order valence-corrected chi connectivity index (χ2v) is 4.28. The van der Waals surface area contributed by atoms with E-state index < -0.39 is 0 Å². The van der Waals surface area contributed by atoms with E-state index in [0.717, 1.165) is 17.2 Å². The largest absolute Gasteiger partial charge is 0.454 e. The maximum Gasteiger partial charge on any atom is 0.231 e. The van der Waals surface area contributed by atoms with E-state index in [1.54, 1.807) is 0 Å². The van der Waals surface area contributed by atoms with Gasteiger partial charge in [-0.2, -0.15) is 0 Å². The summed E-state index contributed by atoms with van der Waals surface area (Å²) in [5.74, 6) is 1.58. The summed E-state index contributed by atoms with van der Waals surface area (Å²) in [4.78, 5) is 0. The van der Waals surface area contributed by atoms with Crippen molar-refractivity contribution in [3.05, 3.63) is 18.2 Å². The van der Waals surface area contributed by atoms with Crippen molar-refractivity contribution in [1.29, 1.82) is 0 Å². The van der Waals surface area contributed by atoms with Gasteiger partial charge < -0.3 is 20.5 Å². The normalized spacial score (nSPS) is 14.1. The molecule has 0 saturated carbocycles. The highest BCUT2D eigenvalue weighted by molar-refractivity contribution is 5.56. The van der Waals surface area contributed by atoms with Gasteiger partial charge in [0.15, 0.2) is 11.5 Å².